The van der Waals surface area contributed by atoms with Gasteiger partial charge in [0.05, 0.1) is 5.57 Å². The van der Waals surface area contributed by atoms with Gasteiger partial charge in [-0.15, -0.1) is 5.73 Å². The molecule has 2 aliphatic heterocycles. The van der Waals surface area contributed by atoms with Crippen LogP contribution in [0, 0.1) is 5.82 Å². The number of anilines is 1. The third kappa shape index (κ3) is 5.95. The molecule has 2 aromatic carbocycles. The van der Waals surface area contributed by atoms with Gasteiger partial charge >= 0.3 is 0 Å². The lowest BCUT2D eigenvalue weighted by Gasteiger charge is -2.37. The van der Waals surface area contributed by atoms with E-state index in [9.17, 15) is 4.79 Å². The number of ether oxygens (including phenoxy) is 2. The Bertz CT molecular complexity index is 1360. The summed E-state index contributed by atoms with van der Waals surface area (Å²) in [7, 11) is 4.00. The number of amides is 1. The summed E-state index contributed by atoms with van der Waals surface area (Å²) >= 11 is 0. The van der Waals surface area contributed by atoms with Gasteiger partial charge in [-0.2, -0.15) is 0 Å². The molecule has 2 aromatic rings. The first kappa shape index (κ1) is 26.8. The summed E-state index contributed by atoms with van der Waals surface area (Å²) in [5.74, 6) is 0.621. The van der Waals surface area contributed by atoms with E-state index in [2.05, 4.69) is 42.1 Å². The molecule has 1 amide bonds. The number of carbonyl (C=O) groups excluding carboxylic acids is 1. The monoisotopic (exact) mass is 529 g/mol. The van der Waals surface area contributed by atoms with E-state index in [1.54, 1.807) is 18.2 Å². The van der Waals surface area contributed by atoms with E-state index in [-0.39, 0.29) is 24.3 Å². The number of carbonyl (C=O) groups is 1. The number of benzene rings is 2. The number of nitrogens with one attached hydrogen (secondary N) is 1. The SMILES string of the molecule is CCc1cc(-c2ccc(F)c(CN(C(=O)C3=CC4=C(C=C=C3)OCCO4)C3CCN(C)CC3)c2)ccc1NC. The predicted molar refractivity (Wildman–Crippen MR) is 151 cm³/mol. The molecule has 7 heteroatoms. The molecular weight excluding hydrogens is 493 g/mol. The molecule has 0 aromatic heterocycles. The van der Waals surface area contributed by atoms with Crippen molar-refractivity contribution in [2.24, 2.45) is 0 Å². The molecule has 39 heavy (non-hydrogen) atoms. The Morgan fingerprint density at radius 2 is 1.74 bits per heavy atom. The maximum absolute atomic E-state index is 15.3. The second-order valence-electron chi connectivity index (χ2n) is 10.2. The van der Waals surface area contributed by atoms with Crippen LogP contribution in [0.4, 0.5) is 10.1 Å². The van der Waals surface area contributed by atoms with Gasteiger partial charge in [-0.3, -0.25) is 4.79 Å². The molecule has 1 fully saturated rings. The first-order valence-electron chi connectivity index (χ1n) is 13.7. The number of allylic oxidation sites excluding steroid dienone is 2. The Hall–Kier alpha value is -3.80. The molecule has 1 N–H and O–H groups in total. The van der Waals surface area contributed by atoms with E-state index >= 15 is 4.39 Å². The van der Waals surface area contributed by atoms with E-state index in [0.717, 1.165) is 49.2 Å². The number of hydrogen-bond acceptors (Lipinski definition) is 5. The zero-order valence-corrected chi connectivity index (χ0v) is 22.9. The van der Waals surface area contributed by atoms with Gasteiger partial charge in [-0.1, -0.05) is 19.1 Å². The van der Waals surface area contributed by atoms with Crippen LogP contribution in [0.2, 0.25) is 0 Å². The molecule has 0 unspecified atom stereocenters. The van der Waals surface area contributed by atoms with E-state index in [1.807, 2.05) is 30.1 Å². The standard InChI is InChI=1S/C32H36FN3O3/c1-4-22-18-24(9-11-29(22)34-2)23-8-10-28(33)26(19-23)21-36(27-12-14-35(3)15-13-27)32(37)25-6-5-7-30-31(20-25)39-17-16-38-30/h6-11,18-20,27,34H,4,12-17,21H2,1-3H3. The average Bonchev–Trinajstić information content (AvgIpc) is 3.19. The topological polar surface area (TPSA) is 54.0 Å². The molecule has 0 bridgehead atoms. The van der Waals surface area contributed by atoms with Gasteiger partial charge in [0.25, 0.3) is 5.91 Å². The summed E-state index contributed by atoms with van der Waals surface area (Å²) in [6.07, 6.45) is 7.62. The van der Waals surface area contributed by atoms with Gasteiger partial charge in [0.15, 0.2) is 11.5 Å². The highest BCUT2D eigenvalue weighted by atomic mass is 19.1. The lowest BCUT2D eigenvalue weighted by atomic mass is 9.97. The molecule has 3 aliphatic rings. The Kier molecular flexibility index (Phi) is 8.20. The van der Waals surface area contributed by atoms with Crippen molar-refractivity contribution in [1.82, 2.24) is 9.80 Å². The Labute approximate surface area is 230 Å². The molecule has 0 atom stereocenters. The van der Waals surface area contributed by atoms with Crippen molar-refractivity contribution >= 4 is 11.6 Å². The van der Waals surface area contributed by atoms with Gasteiger partial charge < -0.3 is 24.6 Å². The highest BCUT2D eigenvalue weighted by Gasteiger charge is 2.30. The number of halogens is 1. The van der Waals surface area contributed by atoms with Gasteiger partial charge in [0.1, 0.15) is 19.0 Å². The fourth-order valence-corrected chi connectivity index (χ4v) is 5.39. The van der Waals surface area contributed by atoms with Crippen molar-refractivity contribution in [1.29, 1.82) is 0 Å². The van der Waals surface area contributed by atoms with Crippen LogP contribution < -0.4 is 5.32 Å². The normalized spacial score (nSPS) is 17.6. The zero-order valence-electron chi connectivity index (χ0n) is 22.9. The number of piperidine rings is 1. The van der Waals surface area contributed by atoms with Crippen molar-refractivity contribution in [3.05, 3.63) is 94.4 Å². The third-order valence-electron chi connectivity index (χ3n) is 7.69. The maximum atomic E-state index is 15.3. The van der Waals surface area contributed by atoms with Crippen LogP contribution in [0.1, 0.15) is 30.9 Å². The minimum atomic E-state index is -0.314. The van der Waals surface area contributed by atoms with Crippen LogP contribution >= 0.6 is 0 Å². The number of likely N-dealkylation sites (tertiary alicyclic amines) is 1. The summed E-state index contributed by atoms with van der Waals surface area (Å²) in [5, 5.41) is 3.23. The Morgan fingerprint density at radius 1 is 1.05 bits per heavy atom. The highest BCUT2D eigenvalue weighted by molar-refractivity contribution is 5.97. The minimum absolute atomic E-state index is 0.00290. The van der Waals surface area contributed by atoms with E-state index in [1.165, 1.54) is 11.6 Å². The van der Waals surface area contributed by atoms with Crippen molar-refractivity contribution in [3.63, 3.8) is 0 Å². The van der Waals surface area contributed by atoms with Crippen molar-refractivity contribution in [2.45, 2.75) is 38.8 Å². The summed E-state index contributed by atoms with van der Waals surface area (Å²) in [5.41, 5.74) is 8.25. The molecular formula is C32H36FN3O3. The van der Waals surface area contributed by atoms with Crippen LogP contribution in [0.25, 0.3) is 11.1 Å². The van der Waals surface area contributed by atoms with Crippen molar-refractivity contribution < 1.29 is 18.7 Å². The second kappa shape index (κ2) is 11.9. The van der Waals surface area contributed by atoms with Crippen LogP contribution in [0.3, 0.4) is 0 Å². The molecule has 204 valence electrons. The van der Waals surface area contributed by atoms with Crippen LogP contribution in [0.5, 0.6) is 0 Å². The second-order valence-corrected chi connectivity index (χ2v) is 10.2. The number of nitrogens with zero attached hydrogens (tertiary/aromatic N) is 2. The van der Waals surface area contributed by atoms with E-state index in [0.29, 0.717) is 35.9 Å². The lowest BCUT2D eigenvalue weighted by molar-refractivity contribution is -0.130. The van der Waals surface area contributed by atoms with E-state index < -0.39 is 0 Å². The number of aryl methyl sites for hydroxylation is 1. The predicted octanol–water partition coefficient (Wildman–Crippen LogP) is 5.43. The van der Waals surface area contributed by atoms with E-state index in [4.69, 9.17) is 9.47 Å². The van der Waals surface area contributed by atoms with Crippen LogP contribution in [-0.2, 0) is 27.2 Å². The maximum Gasteiger partial charge on any atom is 0.255 e. The smallest absolute Gasteiger partial charge is 0.255 e. The fraction of sp³-hybridized carbons (Fsp3) is 0.375. The van der Waals surface area contributed by atoms with Gasteiger partial charge in [-0.05, 0) is 92.5 Å². The molecule has 0 spiro atoms. The number of hydrogen-bond donors (Lipinski definition) is 1. The first-order valence-corrected chi connectivity index (χ1v) is 13.7. The quantitative estimate of drug-likeness (QED) is 0.485. The first-order chi connectivity index (χ1) is 19.0. The molecule has 1 aliphatic carbocycles. The zero-order chi connectivity index (χ0) is 27.4. The fourth-order valence-electron chi connectivity index (χ4n) is 5.39. The van der Waals surface area contributed by atoms with Gasteiger partial charge in [-0.25, -0.2) is 4.39 Å². The highest BCUT2D eigenvalue weighted by Crippen LogP contribution is 2.30. The molecule has 5 rings (SSSR count). The summed E-state index contributed by atoms with van der Waals surface area (Å²) in [4.78, 5) is 18.1. The summed E-state index contributed by atoms with van der Waals surface area (Å²) in [6, 6.07) is 11.5. The molecule has 0 saturated carbocycles. The average molecular weight is 530 g/mol. The Morgan fingerprint density at radius 3 is 2.46 bits per heavy atom. The third-order valence-corrected chi connectivity index (χ3v) is 7.69. The van der Waals surface area contributed by atoms with Crippen LogP contribution in [0.15, 0.2) is 77.4 Å². The van der Waals surface area contributed by atoms with Gasteiger partial charge in [0.2, 0.25) is 0 Å². The molecule has 1 saturated heterocycles. The molecule has 2 heterocycles. The van der Waals surface area contributed by atoms with Gasteiger partial charge in [0, 0.05) is 37.0 Å². The summed E-state index contributed by atoms with van der Waals surface area (Å²) < 4.78 is 26.7. The van der Waals surface area contributed by atoms with Crippen molar-refractivity contribution in [2.75, 3.05) is 45.7 Å². The Balaban J connectivity index is 1.48. The van der Waals surface area contributed by atoms with Crippen molar-refractivity contribution in [3.8, 4) is 11.1 Å². The number of rotatable bonds is 7. The lowest BCUT2D eigenvalue weighted by Crippen LogP contribution is -2.46. The van der Waals surface area contributed by atoms with Crippen LogP contribution in [-0.4, -0.2) is 62.1 Å². The largest absolute Gasteiger partial charge is 0.486 e. The summed E-state index contributed by atoms with van der Waals surface area (Å²) in [6.45, 7) is 4.96. The molecule has 6 nitrogen and oxygen atoms in total. The molecule has 0 radical (unpaired) electrons. The minimum Gasteiger partial charge on any atom is -0.486 e.